The number of furan rings is 2. The van der Waals surface area contributed by atoms with Crippen LogP contribution in [-0.4, -0.2) is 15.0 Å². The molecule has 0 N–H and O–H groups in total. The maximum Gasteiger partial charge on any atom is 0.164 e. The van der Waals surface area contributed by atoms with Crippen molar-refractivity contribution in [2.24, 2.45) is 0 Å². The van der Waals surface area contributed by atoms with Crippen molar-refractivity contribution < 1.29 is 17.1 Å². The van der Waals surface area contributed by atoms with E-state index >= 15 is 0 Å². The number of rotatable bonds is 4. The van der Waals surface area contributed by atoms with Crippen LogP contribution in [0.25, 0.3) is 99.9 Å². The van der Waals surface area contributed by atoms with E-state index in [2.05, 4.69) is 18.2 Å². The number of fused-ring (bicyclic) bond motifs is 7. The molecule has 0 bridgehead atoms. The Labute approximate surface area is 283 Å². The molecule has 5 nitrogen and oxygen atoms in total. The van der Waals surface area contributed by atoms with Crippen LogP contribution in [0.2, 0.25) is 0 Å². The third-order valence-electron chi connectivity index (χ3n) is 8.76. The summed E-state index contributed by atoms with van der Waals surface area (Å²) in [5.41, 5.74) is 5.27. The summed E-state index contributed by atoms with van der Waals surface area (Å²) in [5, 5.41) is 4.29. The monoisotopic (exact) mass is 621 g/mol. The van der Waals surface area contributed by atoms with Gasteiger partial charge in [0.2, 0.25) is 0 Å². The number of hydrogen-bond acceptors (Lipinski definition) is 5. The highest BCUT2D eigenvalue weighted by atomic mass is 16.3. The third kappa shape index (κ3) is 4.08. The molecule has 0 unspecified atom stereocenters. The summed E-state index contributed by atoms with van der Waals surface area (Å²) < 4.78 is 63.4. The molecule has 5 heteroatoms. The molecule has 224 valence electrons. The number of para-hydroxylation sites is 2. The highest BCUT2D eigenvalue weighted by Crippen LogP contribution is 2.41. The van der Waals surface area contributed by atoms with E-state index in [-0.39, 0.29) is 52.8 Å². The lowest BCUT2D eigenvalue weighted by Gasteiger charge is -2.13. The van der Waals surface area contributed by atoms with Crippen LogP contribution in [-0.2, 0) is 0 Å². The number of hydrogen-bond donors (Lipinski definition) is 0. The zero-order chi connectivity index (χ0) is 36.8. The molecule has 0 aliphatic carbocycles. The van der Waals surface area contributed by atoms with E-state index < -0.39 is 0 Å². The van der Waals surface area contributed by atoms with Crippen molar-refractivity contribution in [3.8, 4) is 45.3 Å². The van der Waals surface area contributed by atoms with Crippen LogP contribution in [0.4, 0.5) is 0 Å². The van der Waals surface area contributed by atoms with E-state index in [1.54, 1.807) is 6.07 Å². The van der Waals surface area contributed by atoms with Gasteiger partial charge >= 0.3 is 0 Å². The van der Waals surface area contributed by atoms with Crippen molar-refractivity contribution >= 4 is 54.6 Å². The third-order valence-corrected chi connectivity index (χ3v) is 8.76. The first-order valence-corrected chi connectivity index (χ1v) is 15.4. The Morgan fingerprint density at radius 3 is 1.94 bits per heavy atom. The number of aromatic nitrogens is 3. The molecule has 10 aromatic rings. The van der Waals surface area contributed by atoms with Gasteiger partial charge in [-0.1, -0.05) is 127 Å². The minimum atomic E-state index is -0.289. The highest BCUT2D eigenvalue weighted by Gasteiger charge is 2.20. The maximum absolute atomic E-state index is 9.11. The Balaban J connectivity index is 1.25. The minimum absolute atomic E-state index is 0.0316. The second-order valence-electron chi connectivity index (χ2n) is 11.5. The molecule has 0 radical (unpaired) electrons. The van der Waals surface area contributed by atoms with E-state index in [9.17, 15) is 0 Å². The quantitative estimate of drug-likeness (QED) is 0.196. The van der Waals surface area contributed by atoms with Crippen molar-refractivity contribution in [3.05, 3.63) is 152 Å². The fourth-order valence-electron chi connectivity index (χ4n) is 6.65. The normalized spacial score (nSPS) is 13.5. The summed E-state index contributed by atoms with van der Waals surface area (Å²) >= 11 is 0. The van der Waals surface area contributed by atoms with Crippen LogP contribution in [0.5, 0.6) is 0 Å². The van der Waals surface area contributed by atoms with Crippen LogP contribution < -0.4 is 0 Å². The summed E-state index contributed by atoms with van der Waals surface area (Å²) in [5.74, 6) is 0.896. The van der Waals surface area contributed by atoms with Gasteiger partial charge in [-0.15, -0.1) is 0 Å². The predicted molar refractivity (Wildman–Crippen MR) is 194 cm³/mol. The average Bonchev–Trinajstić information content (AvgIpc) is 3.75. The first kappa shape index (κ1) is 21.3. The molecule has 0 aliphatic heterocycles. The molecule has 0 saturated carbocycles. The molecule has 48 heavy (non-hydrogen) atoms. The van der Waals surface area contributed by atoms with Gasteiger partial charge in [0.25, 0.3) is 0 Å². The van der Waals surface area contributed by atoms with Crippen LogP contribution in [0.3, 0.4) is 0 Å². The van der Waals surface area contributed by atoms with Gasteiger partial charge in [0.15, 0.2) is 17.5 Å². The molecular formula is C43H25N3O2. The fourth-order valence-corrected chi connectivity index (χ4v) is 6.65. The van der Waals surface area contributed by atoms with E-state index in [1.165, 1.54) is 12.1 Å². The Hall–Kier alpha value is -6.59. The van der Waals surface area contributed by atoms with Gasteiger partial charge in [-0.3, -0.25) is 0 Å². The maximum atomic E-state index is 9.11. The standard InChI is InChI=1S/C43H25N3O2/c1-2-12-26(13-3-1)41-44-42(46-43(45-41)34-21-11-25-38-40(34)33-15-5-7-23-36(33)48-38)31-20-9-16-27-28(17-8-18-29(27)31)30-19-10-24-37-39(30)32-14-4-6-22-35(32)47-37/h1-25H/i4D,5D,7D,21D,23D,25D. The predicted octanol–water partition coefficient (Wildman–Crippen LogP) is 11.5. The molecule has 0 saturated heterocycles. The van der Waals surface area contributed by atoms with Crippen molar-refractivity contribution in [1.82, 2.24) is 15.0 Å². The Morgan fingerprint density at radius 2 is 1.04 bits per heavy atom. The lowest BCUT2D eigenvalue weighted by atomic mass is 9.93. The van der Waals surface area contributed by atoms with Gasteiger partial charge in [-0.05, 0) is 46.1 Å². The summed E-state index contributed by atoms with van der Waals surface area (Å²) in [4.78, 5) is 14.9. The first-order chi connectivity index (χ1) is 26.2. The lowest BCUT2D eigenvalue weighted by Crippen LogP contribution is -2.01. The molecule has 3 heterocycles. The lowest BCUT2D eigenvalue weighted by molar-refractivity contribution is 0.668. The van der Waals surface area contributed by atoms with Gasteiger partial charge in [-0.2, -0.15) is 0 Å². The van der Waals surface area contributed by atoms with Crippen molar-refractivity contribution in [1.29, 1.82) is 0 Å². The zero-order valence-electron chi connectivity index (χ0n) is 31.1. The van der Waals surface area contributed by atoms with Gasteiger partial charge in [0.1, 0.15) is 22.3 Å². The number of nitrogens with zero attached hydrogens (tertiary/aromatic N) is 3. The highest BCUT2D eigenvalue weighted by molar-refractivity contribution is 6.16. The van der Waals surface area contributed by atoms with Gasteiger partial charge in [-0.25, -0.2) is 15.0 Å². The topological polar surface area (TPSA) is 65.0 Å². The molecule has 3 aromatic heterocycles. The molecule has 0 fully saturated rings. The minimum Gasteiger partial charge on any atom is -0.456 e. The molecule has 0 aliphatic rings. The Bertz CT molecular complexity index is 3190. The molecule has 0 spiro atoms. The van der Waals surface area contributed by atoms with Crippen LogP contribution in [0, 0.1) is 0 Å². The van der Waals surface area contributed by atoms with E-state index in [1.807, 2.05) is 78.9 Å². The van der Waals surface area contributed by atoms with E-state index in [0.717, 1.165) is 49.4 Å². The second kappa shape index (κ2) is 10.5. The fraction of sp³-hybridized carbons (Fsp3) is 0. The van der Waals surface area contributed by atoms with Gasteiger partial charge in [0.05, 0.1) is 8.22 Å². The number of benzene rings is 7. The molecular weight excluding hydrogens is 590 g/mol. The summed E-state index contributed by atoms with van der Waals surface area (Å²) in [6, 6.07) is 35.2. The van der Waals surface area contributed by atoms with Crippen LogP contribution in [0.1, 0.15) is 8.22 Å². The van der Waals surface area contributed by atoms with Gasteiger partial charge < -0.3 is 8.83 Å². The first-order valence-electron chi connectivity index (χ1n) is 18.4. The average molecular weight is 622 g/mol. The smallest absolute Gasteiger partial charge is 0.164 e. The van der Waals surface area contributed by atoms with E-state index in [4.69, 9.17) is 32.0 Å². The van der Waals surface area contributed by atoms with Crippen molar-refractivity contribution in [2.45, 2.75) is 0 Å². The van der Waals surface area contributed by atoms with E-state index in [0.29, 0.717) is 34.0 Å². The molecule has 10 rings (SSSR count). The van der Waals surface area contributed by atoms with Gasteiger partial charge in [0, 0.05) is 38.2 Å². The van der Waals surface area contributed by atoms with Crippen LogP contribution >= 0.6 is 0 Å². The molecule has 0 atom stereocenters. The van der Waals surface area contributed by atoms with Crippen molar-refractivity contribution in [2.75, 3.05) is 0 Å². The van der Waals surface area contributed by atoms with Crippen molar-refractivity contribution in [3.63, 3.8) is 0 Å². The largest absolute Gasteiger partial charge is 0.456 e. The van der Waals surface area contributed by atoms with Crippen LogP contribution in [0.15, 0.2) is 160 Å². The second-order valence-corrected chi connectivity index (χ2v) is 11.5. The molecule has 0 amide bonds. The SMILES string of the molecule is [2H]c1ccc2oc3cccc(-c4cccc5c(-c6nc(-c7ccccc7)nc(-c7c([2H])cc([2H])c8oc9c([2H])c([2H])c([2H])cc9c78)n6)cccc45)c3c2c1. The summed E-state index contributed by atoms with van der Waals surface area (Å²) in [6.07, 6.45) is 0. The Kier molecular flexibility index (Phi) is 4.64. The summed E-state index contributed by atoms with van der Waals surface area (Å²) in [7, 11) is 0. The molecule has 7 aromatic carbocycles. The zero-order valence-corrected chi connectivity index (χ0v) is 25.1. The summed E-state index contributed by atoms with van der Waals surface area (Å²) in [6.45, 7) is 0. The Morgan fingerprint density at radius 1 is 0.375 bits per heavy atom.